The maximum atomic E-state index is 12.7. The van der Waals surface area contributed by atoms with Crippen molar-refractivity contribution in [2.24, 2.45) is 0 Å². The summed E-state index contributed by atoms with van der Waals surface area (Å²) in [5, 5.41) is 7.91. The Morgan fingerprint density at radius 3 is 2.61 bits per heavy atom. The molecule has 0 saturated heterocycles. The van der Waals surface area contributed by atoms with E-state index in [0.29, 0.717) is 29.4 Å². The molecule has 1 amide bonds. The second kappa shape index (κ2) is 9.49. The topological polar surface area (TPSA) is 56.2 Å². The van der Waals surface area contributed by atoms with E-state index in [1.54, 1.807) is 29.1 Å². The Morgan fingerprint density at radius 2 is 1.81 bits per heavy atom. The van der Waals surface area contributed by atoms with E-state index in [4.69, 9.17) is 16.3 Å². The Labute approximate surface area is 186 Å². The summed E-state index contributed by atoms with van der Waals surface area (Å²) in [4.78, 5) is 12.7. The van der Waals surface area contributed by atoms with Gasteiger partial charge in [0, 0.05) is 16.8 Å². The molecule has 5 nitrogen and oxygen atoms in total. The van der Waals surface area contributed by atoms with Crippen molar-refractivity contribution in [1.82, 2.24) is 9.78 Å². The van der Waals surface area contributed by atoms with E-state index in [1.165, 1.54) is 5.56 Å². The fourth-order valence-electron chi connectivity index (χ4n) is 3.22. The van der Waals surface area contributed by atoms with Gasteiger partial charge in [-0.3, -0.25) is 9.48 Å². The quantitative estimate of drug-likeness (QED) is 0.407. The van der Waals surface area contributed by atoms with E-state index in [0.717, 1.165) is 16.9 Å². The number of hydrogen-bond acceptors (Lipinski definition) is 3. The zero-order chi connectivity index (χ0) is 21.6. The molecule has 0 aliphatic rings. The molecular formula is C25H22ClN3O2. The molecule has 0 unspecified atom stereocenters. The first kappa shape index (κ1) is 20.7. The molecule has 0 fully saturated rings. The lowest BCUT2D eigenvalue weighted by Crippen LogP contribution is -2.12. The van der Waals surface area contributed by atoms with Crippen molar-refractivity contribution in [2.45, 2.75) is 20.1 Å². The van der Waals surface area contributed by atoms with Crippen LogP contribution in [-0.4, -0.2) is 15.7 Å². The highest BCUT2D eigenvalue weighted by atomic mass is 35.5. The molecule has 0 atom stereocenters. The van der Waals surface area contributed by atoms with Crippen LogP contribution >= 0.6 is 11.6 Å². The zero-order valence-electron chi connectivity index (χ0n) is 17.1. The molecule has 156 valence electrons. The van der Waals surface area contributed by atoms with Gasteiger partial charge in [-0.2, -0.15) is 5.10 Å². The number of hydrogen-bond donors (Lipinski definition) is 1. The molecule has 4 rings (SSSR count). The highest BCUT2D eigenvalue weighted by Crippen LogP contribution is 2.18. The SMILES string of the molecule is Cc1cccc(Cn2cc(NC(=O)c3cccc(COc4ccc(Cl)cc4)c3)cn2)c1. The number of benzene rings is 3. The minimum absolute atomic E-state index is 0.191. The summed E-state index contributed by atoms with van der Waals surface area (Å²) < 4.78 is 7.57. The molecule has 0 bridgehead atoms. The van der Waals surface area contributed by atoms with E-state index in [2.05, 4.69) is 35.5 Å². The molecule has 1 N–H and O–H groups in total. The molecule has 3 aromatic carbocycles. The fourth-order valence-corrected chi connectivity index (χ4v) is 3.34. The van der Waals surface area contributed by atoms with Gasteiger partial charge in [0.15, 0.2) is 0 Å². The second-order valence-corrected chi connectivity index (χ2v) is 7.75. The molecule has 6 heteroatoms. The predicted molar refractivity (Wildman–Crippen MR) is 123 cm³/mol. The Kier molecular flexibility index (Phi) is 6.34. The Morgan fingerprint density at radius 1 is 1.03 bits per heavy atom. The predicted octanol–water partition coefficient (Wildman–Crippen LogP) is 5.72. The van der Waals surface area contributed by atoms with Crippen LogP contribution in [0.5, 0.6) is 5.75 Å². The minimum Gasteiger partial charge on any atom is -0.489 e. The van der Waals surface area contributed by atoms with Crippen molar-refractivity contribution in [1.29, 1.82) is 0 Å². The number of amides is 1. The van der Waals surface area contributed by atoms with Crippen LogP contribution in [-0.2, 0) is 13.2 Å². The molecule has 4 aromatic rings. The second-order valence-electron chi connectivity index (χ2n) is 7.31. The average Bonchev–Trinajstić information content (AvgIpc) is 3.20. The van der Waals surface area contributed by atoms with Crippen LogP contribution in [0, 0.1) is 6.92 Å². The van der Waals surface area contributed by atoms with Gasteiger partial charge in [0.1, 0.15) is 12.4 Å². The van der Waals surface area contributed by atoms with Crippen LogP contribution in [0.4, 0.5) is 5.69 Å². The molecule has 0 aliphatic carbocycles. The average molecular weight is 432 g/mol. The smallest absolute Gasteiger partial charge is 0.255 e. The maximum absolute atomic E-state index is 12.7. The van der Waals surface area contributed by atoms with Crippen LogP contribution in [0.2, 0.25) is 5.02 Å². The molecule has 0 saturated carbocycles. The number of anilines is 1. The van der Waals surface area contributed by atoms with Crippen LogP contribution in [0.3, 0.4) is 0 Å². The van der Waals surface area contributed by atoms with Gasteiger partial charge in [-0.05, 0) is 54.4 Å². The first-order valence-corrected chi connectivity index (χ1v) is 10.3. The number of halogens is 1. The van der Waals surface area contributed by atoms with E-state index in [-0.39, 0.29) is 5.91 Å². The maximum Gasteiger partial charge on any atom is 0.255 e. The number of nitrogens with one attached hydrogen (secondary N) is 1. The lowest BCUT2D eigenvalue weighted by atomic mass is 10.1. The third-order valence-corrected chi connectivity index (χ3v) is 4.98. The van der Waals surface area contributed by atoms with E-state index >= 15 is 0 Å². The Hall–Kier alpha value is -3.57. The number of aryl methyl sites for hydroxylation is 1. The highest BCUT2D eigenvalue weighted by Gasteiger charge is 2.09. The zero-order valence-corrected chi connectivity index (χ0v) is 17.8. The summed E-state index contributed by atoms with van der Waals surface area (Å²) in [7, 11) is 0. The lowest BCUT2D eigenvalue weighted by molar-refractivity contribution is 0.102. The van der Waals surface area contributed by atoms with Crippen molar-refractivity contribution in [3.05, 3.63) is 112 Å². The summed E-state index contributed by atoms with van der Waals surface area (Å²) in [6.07, 6.45) is 3.48. The summed E-state index contributed by atoms with van der Waals surface area (Å²) in [5.41, 5.74) is 4.48. The van der Waals surface area contributed by atoms with Crippen molar-refractivity contribution < 1.29 is 9.53 Å². The van der Waals surface area contributed by atoms with Gasteiger partial charge >= 0.3 is 0 Å². The highest BCUT2D eigenvalue weighted by molar-refractivity contribution is 6.30. The molecule has 0 spiro atoms. The molecular weight excluding hydrogens is 410 g/mol. The van der Waals surface area contributed by atoms with Crippen LogP contribution in [0.25, 0.3) is 0 Å². The monoisotopic (exact) mass is 431 g/mol. The van der Waals surface area contributed by atoms with Crippen LogP contribution in [0.1, 0.15) is 27.0 Å². The fraction of sp³-hybridized carbons (Fsp3) is 0.120. The van der Waals surface area contributed by atoms with Gasteiger partial charge in [-0.25, -0.2) is 0 Å². The molecule has 0 aliphatic heterocycles. The first-order chi connectivity index (χ1) is 15.0. The van der Waals surface area contributed by atoms with Gasteiger partial charge in [-0.1, -0.05) is 53.6 Å². The van der Waals surface area contributed by atoms with E-state index in [1.807, 2.05) is 42.6 Å². The number of carbonyl (C=O) groups is 1. The van der Waals surface area contributed by atoms with E-state index < -0.39 is 0 Å². The normalized spacial score (nSPS) is 10.6. The Balaban J connectivity index is 1.37. The van der Waals surface area contributed by atoms with Gasteiger partial charge in [0.25, 0.3) is 5.91 Å². The third kappa shape index (κ3) is 5.74. The molecule has 31 heavy (non-hydrogen) atoms. The summed E-state index contributed by atoms with van der Waals surface area (Å²) in [6.45, 7) is 3.07. The first-order valence-electron chi connectivity index (χ1n) is 9.92. The molecule has 1 aromatic heterocycles. The van der Waals surface area contributed by atoms with Crippen molar-refractivity contribution in [3.8, 4) is 5.75 Å². The minimum atomic E-state index is -0.191. The summed E-state index contributed by atoms with van der Waals surface area (Å²) >= 11 is 5.89. The van der Waals surface area contributed by atoms with E-state index in [9.17, 15) is 4.79 Å². The lowest BCUT2D eigenvalue weighted by Gasteiger charge is -2.08. The number of rotatable bonds is 7. The van der Waals surface area contributed by atoms with Gasteiger partial charge in [0.2, 0.25) is 0 Å². The van der Waals surface area contributed by atoms with Gasteiger partial charge in [-0.15, -0.1) is 0 Å². The van der Waals surface area contributed by atoms with Crippen LogP contribution < -0.4 is 10.1 Å². The van der Waals surface area contributed by atoms with Gasteiger partial charge < -0.3 is 10.1 Å². The van der Waals surface area contributed by atoms with Crippen LogP contribution in [0.15, 0.2) is 85.2 Å². The Bertz CT molecular complexity index is 1190. The number of aromatic nitrogens is 2. The third-order valence-electron chi connectivity index (χ3n) is 4.73. The number of nitrogens with zero attached hydrogens (tertiary/aromatic N) is 2. The molecule has 0 radical (unpaired) electrons. The van der Waals surface area contributed by atoms with Gasteiger partial charge in [0.05, 0.1) is 18.4 Å². The standard InChI is InChI=1S/C25H22ClN3O2/c1-18-4-2-5-19(12-18)15-29-16-23(14-27-29)28-25(30)21-7-3-6-20(13-21)17-31-24-10-8-22(26)9-11-24/h2-14,16H,15,17H2,1H3,(H,28,30). The largest absolute Gasteiger partial charge is 0.489 e. The van der Waals surface area contributed by atoms with Crippen molar-refractivity contribution >= 4 is 23.2 Å². The number of carbonyl (C=O) groups excluding carboxylic acids is 1. The van der Waals surface area contributed by atoms with Crippen molar-refractivity contribution in [2.75, 3.05) is 5.32 Å². The molecule has 1 heterocycles. The van der Waals surface area contributed by atoms with Crippen molar-refractivity contribution in [3.63, 3.8) is 0 Å². The summed E-state index contributed by atoms with van der Waals surface area (Å²) in [6, 6.07) is 22.8. The number of ether oxygens (including phenoxy) is 1. The summed E-state index contributed by atoms with van der Waals surface area (Å²) in [5.74, 6) is 0.531.